The van der Waals surface area contributed by atoms with Gasteiger partial charge in [0.05, 0.1) is 24.3 Å². The van der Waals surface area contributed by atoms with Crippen molar-refractivity contribution in [2.75, 3.05) is 19.7 Å². The Balaban J connectivity index is 1.70. The van der Waals surface area contributed by atoms with Crippen molar-refractivity contribution in [1.29, 1.82) is 0 Å². The van der Waals surface area contributed by atoms with E-state index in [9.17, 15) is 26.3 Å². The van der Waals surface area contributed by atoms with Gasteiger partial charge in [-0.15, -0.1) is 0 Å². The highest BCUT2D eigenvalue weighted by molar-refractivity contribution is 5.33. The van der Waals surface area contributed by atoms with Gasteiger partial charge in [0.2, 0.25) is 0 Å². The van der Waals surface area contributed by atoms with Gasteiger partial charge in [-0.25, -0.2) is 0 Å². The molecule has 0 aromatic heterocycles. The van der Waals surface area contributed by atoms with Crippen molar-refractivity contribution < 1.29 is 31.1 Å². The Labute approximate surface area is 164 Å². The van der Waals surface area contributed by atoms with Gasteiger partial charge in [-0.1, -0.05) is 24.3 Å². The minimum Gasteiger partial charge on any atom is -0.376 e. The summed E-state index contributed by atoms with van der Waals surface area (Å²) in [5.74, 6) is 0.271. The second kappa shape index (κ2) is 8.36. The Kier molecular flexibility index (Phi) is 6.24. The molecule has 1 fully saturated rings. The minimum atomic E-state index is -4.86. The third-order valence-corrected chi connectivity index (χ3v) is 5.18. The number of halogens is 6. The van der Waals surface area contributed by atoms with Crippen molar-refractivity contribution in [3.63, 3.8) is 0 Å². The Hall–Kier alpha value is -2.06. The molecule has 0 spiro atoms. The van der Waals surface area contributed by atoms with Gasteiger partial charge in [-0.2, -0.15) is 26.3 Å². The third-order valence-electron chi connectivity index (χ3n) is 5.18. The van der Waals surface area contributed by atoms with E-state index in [2.05, 4.69) is 5.32 Å². The van der Waals surface area contributed by atoms with Crippen LogP contribution in [0.4, 0.5) is 26.3 Å². The Bertz CT molecular complexity index is 814. The van der Waals surface area contributed by atoms with Crippen LogP contribution in [0.5, 0.6) is 0 Å². The highest BCUT2D eigenvalue weighted by Crippen LogP contribution is 2.36. The summed E-state index contributed by atoms with van der Waals surface area (Å²) in [6, 6.07) is 9.47. The van der Waals surface area contributed by atoms with E-state index in [0.29, 0.717) is 18.7 Å². The van der Waals surface area contributed by atoms with Crippen LogP contribution in [0.3, 0.4) is 0 Å². The standard InChI is InChI=1S/C21H21F6NO/c1-13-4-2-3-5-18(13)19-10-28-9-15(19)12-29-11-14-6-16(20(22,23)24)8-17(7-14)21(25,26)27/h2-8,15,19,28H,9-12H2,1H3/t15-,19-/m1/s1. The molecule has 8 heteroatoms. The van der Waals surface area contributed by atoms with Gasteiger partial charge in [-0.05, 0) is 41.8 Å². The van der Waals surface area contributed by atoms with Crippen LogP contribution in [0.15, 0.2) is 42.5 Å². The molecule has 1 saturated heterocycles. The monoisotopic (exact) mass is 417 g/mol. The average Bonchev–Trinajstić information content (AvgIpc) is 3.09. The minimum absolute atomic E-state index is 0.0870. The summed E-state index contributed by atoms with van der Waals surface area (Å²) in [5.41, 5.74) is -0.494. The number of ether oxygens (including phenoxy) is 1. The molecule has 29 heavy (non-hydrogen) atoms. The molecule has 2 aromatic rings. The Morgan fingerprint density at radius 3 is 2.14 bits per heavy atom. The molecule has 1 aliphatic heterocycles. The van der Waals surface area contributed by atoms with Crippen LogP contribution >= 0.6 is 0 Å². The number of nitrogens with one attached hydrogen (secondary N) is 1. The summed E-state index contributed by atoms with van der Waals surface area (Å²) in [7, 11) is 0. The van der Waals surface area contributed by atoms with Crippen molar-refractivity contribution in [3.8, 4) is 0 Å². The fraction of sp³-hybridized carbons (Fsp3) is 0.429. The van der Waals surface area contributed by atoms with Crippen LogP contribution in [0, 0.1) is 12.8 Å². The zero-order valence-electron chi connectivity index (χ0n) is 15.7. The van der Waals surface area contributed by atoms with E-state index in [1.54, 1.807) is 0 Å². The Morgan fingerprint density at radius 2 is 1.55 bits per heavy atom. The molecule has 3 rings (SSSR count). The quantitative estimate of drug-likeness (QED) is 0.644. The largest absolute Gasteiger partial charge is 0.416 e. The molecule has 0 aliphatic carbocycles. The maximum atomic E-state index is 13.0. The van der Waals surface area contributed by atoms with Gasteiger partial charge in [-0.3, -0.25) is 0 Å². The lowest BCUT2D eigenvalue weighted by Gasteiger charge is -2.21. The maximum Gasteiger partial charge on any atom is 0.416 e. The summed E-state index contributed by atoms with van der Waals surface area (Å²) in [6.45, 7) is 3.36. The fourth-order valence-corrected chi connectivity index (χ4v) is 3.71. The smallest absolute Gasteiger partial charge is 0.376 e. The summed E-state index contributed by atoms with van der Waals surface area (Å²) >= 11 is 0. The molecular formula is C21H21F6NO. The van der Waals surface area contributed by atoms with E-state index < -0.39 is 23.5 Å². The molecule has 158 valence electrons. The normalized spacial score (nSPS) is 20.2. The maximum absolute atomic E-state index is 13.0. The zero-order chi connectivity index (χ0) is 21.2. The van der Waals surface area contributed by atoms with Crippen LogP contribution in [0.2, 0.25) is 0 Å². The van der Waals surface area contributed by atoms with Crippen LogP contribution in [0.1, 0.15) is 33.7 Å². The van der Waals surface area contributed by atoms with Gasteiger partial charge < -0.3 is 10.1 Å². The van der Waals surface area contributed by atoms with Gasteiger partial charge in [0, 0.05) is 24.9 Å². The predicted octanol–water partition coefficient (Wildman–Crippen LogP) is 5.55. The SMILES string of the molecule is Cc1ccccc1[C@@H]1CNC[C@@H]1COCc1cc(C(F)(F)F)cc(C(F)(F)F)c1. The molecular weight excluding hydrogens is 396 g/mol. The van der Waals surface area contributed by atoms with Crippen molar-refractivity contribution in [1.82, 2.24) is 5.32 Å². The number of benzene rings is 2. The first-order chi connectivity index (χ1) is 13.6. The first-order valence-electron chi connectivity index (χ1n) is 9.18. The van der Waals surface area contributed by atoms with Crippen LogP contribution in [-0.4, -0.2) is 19.7 Å². The van der Waals surface area contributed by atoms with Crippen LogP contribution in [-0.2, 0) is 23.7 Å². The number of aryl methyl sites for hydroxylation is 1. The molecule has 1 N–H and O–H groups in total. The van der Waals surface area contributed by atoms with Gasteiger partial charge in [0.25, 0.3) is 0 Å². The molecule has 2 aromatic carbocycles. The lowest BCUT2D eigenvalue weighted by Crippen LogP contribution is -2.18. The molecule has 2 nitrogen and oxygen atoms in total. The number of rotatable bonds is 5. The van der Waals surface area contributed by atoms with Crippen molar-refractivity contribution in [2.24, 2.45) is 5.92 Å². The highest BCUT2D eigenvalue weighted by atomic mass is 19.4. The number of hydrogen-bond acceptors (Lipinski definition) is 2. The van der Waals surface area contributed by atoms with Crippen molar-refractivity contribution >= 4 is 0 Å². The second-order valence-corrected chi connectivity index (χ2v) is 7.31. The Morgan fingerprint density at radius 1 is 0.931 bits per heavy atom. The molecule has 1 heterocycles. The summed E-state index contributed by atoms with van der Waals surface area (Å²) in [4.78, 5) is 0. The summed E-state index contributed by atoms with van der Waals surface area (Å²) in [5, 5.41) is 3.28. The van der Waals surface area contributed by atoms with Crippen molar-refractivity contribution in [2.45, 2.75) is 31.8 Å². The lowest BCUT2D eigenvalue weighted by atomic mass is 9.87. The van der Waals surface area contributed by atoms with Gasteiger partial charge >= 0.3 is 12.4 Å². The zero-order valence-corrected chi connectivity index (χ0v) is 15.7. The second-order valence-electron chi connectivity index (χ2n) is 7.31. The van der Waals surface area contributed by atoms with Crippen LogP contribution < -0.4 is 5.32 Å². The predicted molar refractivity (Wildman–Crippen MR) is 96.4 cm³/mol. The third kappa shape index (κ3) is 5.30. The number of alkyl halides is 6. The molecule has 0 unspecified atom stereocenters. The first kappa shape index (κ1) is 21.6. The van der Waals surface area contributed by atoms with E-state index >= 15 is 0 Å². The van der Waals surface area contributed by atoms with Gasteiger partial charge in [0.15, 0.2) is 0 Å². The molecule has 1 aliphatic rings. The first-order valence-corrected chi connectivity index (χ1v) is 9.18. The fourth-order valence-electron chi connectivity index (χ4n) is 3.71. The molecule has 0 radical (unpaired) electrons. The molecule has 0 amide bonds. The molecule has 0 bridgehead atoms. The van der Waals surface area contributed by atoms with E-state index in [-0.39, 0.29) is 36.7 Å². The molecule has 2 atom stereocenters. The van der Waals surface area contributed by atoms with E-state index in [4.69, 9.17) is 4.74 Å². The van der Waals surface area contributed by atoms with E-state index in [0.717, 1.165) is 12.1 Å². The summed E-state index contributed by atoms with van der Waals surface area (Å²) in [6.07, 6.45) is -9.72. The van der Waals surface area contributed by atoms with E-state index in [1.807, 2.05) is 31.2 Å². The van der Waals surface area contributed by atoms with E-state index in [1.165, 1.54) is 5.56 Å². The van der Waals surface area contributed by atoms with Gasteiger partial charge in [0.1, 0.15) is 0 Å². The highest BCUT2D eigenvalue weighted by Gasteiger charge is 2.37. The lowest BCUT2D eigenvalue weighted by molar-refractivity contribution is -0.143. The molecule has 0 saturated carbocycles. The average molecular weight is 417 g/mol. The summed E-state index contributed by atoms with van der Waals surface area (Å²) < 4.78 is 83.3. The van der Waals surface area contributed by atoms with Crippen molar-refractivity contribution in [3.05, 3.63) is 70.3 Å². The van der Waals surface area contributed by atoms with Crippen LogP contribution in [0.25, 0.3) is 0 Å². The number of hydrogen-bond donors (Lipinski definition) is 1. The topological polar surface area (TPSA) is 21.3 Å².